The van der Waals surface area contributed by atoms with Crippen LogP contribution in [0.2, 0.25) is 0 Å². The first kappa shape index (κ1) is 21.3. The van der Waals surface area contributed by atoms with Gasteiger partial charge in [-0.05, 0) is 44.4 Å². The van der Waals surface area contributed by atoms with E-state index in [1.165, 1.54) is 18.4 Å². The molecule has 116 valence electrons. The van der Waals surface area contributed by atoms with E-state index in [1.807, 2.05) is 0 Å². The highest BCUT2D eigenvalue weighted by atomic mass is 35.5. The number of alkyl halides is 1. The van der Waals surface area contributed by atoms with Crippen LogP contribution in [0.4, 0.5) is 0 Å². The fourth-order valence-corrected chi connectivity index (χ4v) is 2.57. The molecule has 0 radical (unpaired) electrons. The van der Waals surface area contributed by atoms with Gasteiger partial charge in [-0.25, -0.2) is 0 Å². The Morgan fingerprint density at radius 1 is 0.895 bits per heavy atom. The summed E-state index contributed by atoms with van der Waals surface area (Å²) in [5.74, 6) is 0. The Balaban J connectivity index is 0. The SMILES string of the molecule is C=C(C)CC(C)(C)CC.CCC(C)(C)CC(C)(C)Cl. The number of rotatable bonds is 6. The van der Waals surface area contributed by atoms with E-state index in [9.17, 15) is 0 Å². The molecule has 1 heteroatoms. The van der Waals surface area contributed by atoms with Gasteiger partial charge in [-0.3, -0.25) is 0 Å². The van der Waals surface area contributed by atoms with Crippen LogP contribution in [0.3, 0.4) is 0 Å². The zero-order valence-electron chi connectivity index (χ0n) is 14.9. The minimum absolute atomic E-state index is 0.0422. The molecule has 0 aromatic rings. The van der Waals surface area contributed by atoms with Gasteiger partial charge in [0.15, 0.2) is 0 Å². The Kier molecular flexibility index (Phi) is 9.37. The van der Waals surface area contributed by atoms with Gasteiger partial charge in [0, 0.05) is 4.87 Å². The van der Waals surface area contributed by atoms with Crippen LogP contribution < -0.4 is 0 Å². The normalized spacial score (nSPS) is 12.7. The summed E-state index contributed by atoms with van der Waals surface area (Å²) >= 11 is 6.10. The van der Waals surface area contributed by atoms with Gasteiger partial charge in [0.05, 0.1) is 0 Å². The highest BCUT2D eigenvalue weighted by Gasteiger charge is 2.24. The van der Waals surface area contributed by atoms with E-state index >= 15 is 0 Å². The fraction of sp³-hybridized carbons (Fsp3) is 0.889. The van der Waals surface area contributed by atoms with Gasteiger partial charge in [0.1, 0.15) is 0 Å². The molecule has 0 bridgehead atoms. The van der Waals surface area contributed by atoms with Gasteiger partial charge in [-0.15, -0.1) is 18.2 Å². The van der Waals surface area contributed by atoms with Crippen molar-refractivity contribution in [3.8, 4) is 0 Å². The van der Waals surface area contributed by atoms with Gasteiger partial charge >= 0.3 is 0 Å². The molecule has 0 aliphatic heterocycles. The van der Waals surface area contributed by atoms with Crippen LogP contribution >= 0.6 is 11.6 Å². The third-order valence-corrected chi connectivity index (χ3v) is 3.73. The Labute approximate surface area is 128 Å². The molecule has 0 unspecified atom stereocenters. The Hall–Kier alpha value is 0.0300. The van der Waals surface area contributed by atoms with Crippen molar-refractivity contribution in [2.24, 2.45) is 10.8 Å². The lowest BCUT2D eigenvalue weighted by molar-refractivity contribution is 0.289. The van der Waals surface area contributed by atoms with E-state index in [0.29, 0.717) is 10.8 Å². The lowest BCUT2D eigenvalue weighted by Crippen LogP contribution is -2.22. The Bertz CT molecular complexity index is 253. The molecule has 0 nitrogen and oxygen atoms in total. The average Bonchev–Trinajstić information content (AvgIpc) is 2.13. The lowest BCUT2D eigenvalue weighted by atomic mass is 9.81. The van der Waals surface area contributed by atoms with E-state index in [0.717, 1.165) is 12.8 Å². The molecule has 0 N–H and O–H groups in total. The number of hydrogen-bond donors (Lipinski definition) is 0. The van der Waals surface area contributed by atoms with Crippen LogP contribution in [0, 0.1) is 10.8 Å². The van der Waals surface area contributed by atoms with Crippen LogP contribution in [-0.4, -0.2) is 4.87 Å². The number of allylic oxidation sites excluding steroid dienone is 1. The van der Waals surface area contributed by atoms with Crippen LogP contribution in [0.5, 0.6) is 0 Å². The molecule has 0 atom stereocenters. The molecule has 0 amide bonds. The summed E-state index contributed by atoms with van der Waals surface area (Å²) in [5, 5.41) is 0. The first-order chi connectivity index (χ1) is 8.24. The molecule has 0 aliphatic carbocycles. The largest absolute Gasteiger partial charge is 0.120 e. The zero-order chi connectivity index (χ0) is 15.9. The van der Waals surface area contributed by atoms with Crippen molar-refractivity contribution in [2.75, 3.05) is 0 Å². The van der Waals surface area contributed by atoms with Gasteiger partial charge in [0.25, 0.3) is 0 Å². The van der Waals surface area contributed by atoms with Gasteiger partial charge in [-0.1, -0.05) is 60.0 Å². The van der Waals surface area contributed by atoms with E-state index in [4.69, 9.17) is 11.6 Å². The molecule has 0 saturated heterocycles. The molecule has 19 heavy (non-hydrogen) atoms. The first-order valence-corrected chi connectivity index (χ1v) is 7.96. The van der Waals surface area contributed by atoms with Crippen LogP contribution in [-0.2, 0) is 0 Å². The maximum Gasteiger partial charge on any atom is 0.0395 e. The van der Waals surface area contributed by atoms with E-state index in [1.54, 1.807) is 0 Å². The van der Waals surface area contributed by atoms with Crippen molar-refractivity contribution in [1.82, 2.24) is 0 Å². The zero-order valence-corrected chi connectivity index (χ0v) is 15.7. The van der Waals surface area contributed by atoms with Crippen LogP contribution in [0.25, 0.3) is 0 Å². The van der Waals surface area contributed by atoms with E-state index < -0.39 is 0 Å². The molecule has 0 heterocycles. The van der Waals surface area contributed by atoms with Gasteiger partial charge in [0.2, 0.25) is 0 Å². The molecule has 0 rings (SSSR count). The average molecular weight is 289 g/mol. The van der Waals surface area contributed by atoms with E-state index in [2.05, 4.69) is 68.9 Å². The molecular weight excluding hydrogens is 252 g/mol. The van der Waals surface area contributed by atoms with Crippen molar-refractivity contribution in [2.45, 2.75) is 92.9 Å². The molecule has 0 aromatic heterocycles. The Morgan fingerprint density at radius 3 is 1.37 bits per heavy atom. The second-order valence-corrected chi connectivity index (χ2v) is 9.09. The molecule has 0 fully saturated rings. The van der Waals surface area contributed by atoms with Gasteiger partial charge < -0.3 is 0 Å². The first-order valence-electron chi connectivity index (χ1n) is 7.58. The maximum absolute atomic E-state index is 6.10. The topological polar surface area (TPSA) is 0 Å². The Morgan fingerprint density at radius 2 is 1.26 bits per heavy atom. The molecule has 0 aliphatic rings. The standard InChI is InChI=1S/C9H19Cl.C9H18/c1-6-8(2,3)7-9(4,5)10;1-6-9(4,5)7-8(2)3/h6-7H2,1-5H3;2,6-7H2,1,3-5H3. The number of halogens is 1. The van der Waals surface area contributed by atoms with Crippen LogP contribution in [0.1, 0.15) is 88.0 Å². The fourth-order valence-electron chi connectivity index (χ4n) is 2.20. The predicted octanol–water partition coefficient (Wildman–Crippen LogP) is 7.22. The predicted molar refractivity (Wildman–Crippen MR) is 92.1 cm³/mol. The van der Waals surface area contributed by atoms with Crippen molar-refractivity contribution in [1.29, 1.82) is 0 Å². The summed E-state index contributed by atoms with van der Waals surface area (Å²) in [7, 11) is 0. The quantitative estimate of drug-likeness (QED) is 0.357. The summed E-state index contributed by atoms with van der Waals surface area (Å²) in [6.07, 6.45) is 4.67. The van der Waals surface area contributed by atoms with Crippen molar-refractivity contribution < 1.29 is 0 Å². The van der Waals surface area contributed by atoms with Crippen molar-refractivity contribution in [3.63, 3.8) is 0 Å². The molecular formula is C18H37Cl. The summed E-state index contributed by atoms with van der Waals surface area (Å²) in [4.78, 5) is -0.0422. The second kappa shape index (κ2) is 8.35. The third kappa shape index (κ3) is 16.0. The molecule has 0 aromatic carbocycles. The maximum atomic E-state index is 6.10. The smallest absolute Gasteiger partial charge is 0.0395 e. The summed E-state index contributed by atoms with van der Waals surface area (Å²) in [6.45, 7) is 23.7. The summed E-state index contributed by atoms with van der Waals surface area (Å²) in [6, 6.07) is 0. The molecule has 0 saturated carbocycles. The van der Waals surface area contributed by atoms with Gasteiger partial charge in [-0.2, -0.15) is 0 Å². The monoisotopic (exact) mass is 288 g/mol. The highest BCUT2D eigenvalue weighted by Crippen LogP contribution is 2.34. The number of hydrogen-bond acceptors (Lipinski definition) is 0. The molecule has 0 spiro atoms. The minimum Gasteiger partial charge on any atom is -0.120 e. The highest BCUT2D eigenvalue weighted by molar-refractivity contribution is 6.23. The minimum atomic E-state index is -0.0422. The summed E-state index contributed by atoms with van der Waals surface area (Å²) < 4.78 is 0. The second-order valence-electron chi connectivity index (χ2n) is 8.06. The van der Waals surface area contributed by atoms with Crippen molar-refractivity contribution in [3.05, 3.63) is 12.2 Å². The lowest BCUT2D eigenvalue weighted by Gasteiger charge is -2.29. The summed E-state index contributed by atoms with van der Waals surface area (Å²) in [5.41, 5.74) is 2.15. The van der Waals surface area contributed by atoms with E-state index in [-0.39, 0.29) is 4.87 Å². The third-order valence-electron chi connectivity index (χ3n) is 3.59. The van der Waals surface area contributed by atoms with Crippen molar-refractivity contribution >= 4 is 11.6 Å². The van der Waals surface area contributed by atoms with Crippen LogP contribution in [0.15, 0.2) is 12.2 Å².